The molecule has 16 heavy (non-hydrogen) atoms. The van der Waals surface area contributed by atoms with Crippen LogP contribution in [0.2, 0.25) is 0 Å². The summed E-state index contributed by atoms with van der Waals surface area (Å²) in [4.78, 5) is 21.4. The van der Waals surface area contributed by atoms with Gasteiger partial charge in [0, 0.05) is 17.8 Å². The van der Waals surface area contributed by atoms with Crippen LogP contribution in [0.4, 0.5) is 11.4 Å². The molecule has 6 heteroatoms. The maximum atomic E-state index is 11.5. The third kappa shape index (κ3) is 1.77. The van der Waals surface area contributed by atoms with Gasteiger partial charge < -0.3 is 0 Å². The van der Waals surface area contributed by atoms with E-state index in [0.29, 0.717) is 12.1 Å². The highest BCUT2D eigenvalue weighted by atomic mass is 16.6. The number of benzene rings is 1. The Morgan fingerprint density at radius 1 is 1.38 bits per heavy atom. The van der Waals surface area contributed by atoms with E-state index >= 15 is 0 Å². The molecule has 0 N–H and O–H groups in total. The lowest BCUT2D eigenvalue weighted by atomic mass is 10.2. The first-order valence-electron chi connectivity index (χ1n) is 4.69. The van der Waals surface area contributed by atoms with Gasteiger partial charge in [0.1, 0.15) is 0 Å². The molecule has 1 aliphatic rings. The quantitative estimate of drug-likeness (QED) is 0.561. The van der Waals surface area contributed by atoms with Crippen molar-refractivity contribution in [1.82, 2.24) is 0 Å². The first-order valence-corrected chi connectivity index (χ1v) is 4.69. The molecule has 0 unspecified atom stereocenters. The summed E-state index contributed by atoms with van der Waals surface area (Å²) in [6, 6.07) is 5.73. The van der Waals surface area contributed by atoms with Gasteiger partial charge in [0.05, 0.1) is 17.0 Å². The van der Waals surface area contributed by atoms with E-state index in [4.69, 9.17) is 0 Å². The third-order valence-corrected chi connectivity index (χ3v) is 2.22. The van der Waals surface area contributed by atoms with Crippen molar-refractivity contribution < 1.29 is 9.72 Å². The fourth-order valence-electron chi connectivity index (χ4n) is 1.47. The lowest BCUT2D eigenvalue weighted by molar-refractivity contribution is -0.384. The van der Waals surface area contributed by atoms with Gasteiger partial charge in [-0.3, -0.25) is 14.9 Å². The molecule has 1 aromatic rings. The van der Waals surface area contributed by atoms with Crippen molar-refractivity contribution in [3.8, 4) is 0 Å². The molecule has 0 atom stereocenters. The van der Waals surface area contributed by atoms with Crippen LogP contribution in [0.5, 0.6) is 0 Å². The van der Waals surface area contributed by atoms with Crippen LogP contribution in [0.1, 0.15) is 13.3 Å². The molecule has 0 radical (unpaired) electrons. The fourth-order valence-corrected chi connectivity index (χ4v) is 1.47. The van der Waals surface area contributed by atoms with E-state index in [1.807, 2.05) is 0 Å². The normalized spacial score (nSPS) is 15.2. The van der Waals surface area contributed by atoms with Crippen LogP contribution < -0.4 is 5.01 Å². The fraction of sp³-hybridized carbons (Fsp3) is 0.200. The Morgan fingerprint density at radius 2 is 2.00 bits per heavy atom. The lowest BCUT2D eigenvalue weighted by Crippen LogP contribution is -2.19. The maximum Gasteiger partial charge on any atom is 0.269 e. The molecule has 0 bridgehead atoms. The van der Waals surface area contributed by atoms with Crippen molar-refractivity contribution in [2.75, 3.05) is 5.01 Å². The number of hydrazone groups is 1. The van der Waals surface area contributed by atoms with Gasteiger partial charge >= 0.3 is 0 Å². The second kappa shape index (κ2) is 3.73. The minimum atomic E-state index is -0.482. The van der Waals surface area contributed by atoms with Crippen LogP contribution in [-0.4, -0.2) is 16.5 Å². The summed E-state index contributed by atoms with van der Waals surface area (Å²) in [6.07, 6.45) is 0.303. The largest absolute Gasteiger partial charge is 0.272 e. The molecule has 0 fully saturated rings. The predicted octanol–water partition coefficient (Wildman–Crippen LogP) is 1.71. The second-order valence-electron chi connectivity index (χ2n) is 3.49. The van der Waals surface area contributed by atoms with Gasteiger partial charge in [0.2, 0.25) is 0 Å². The van der Waals surface area contributed by atoms with Gasteiger partial charge in [-0.25, -0.2) is 5.01 Å². The third-order valence-electron chi connectivity index (χ3n) is 2.22. The molecule has 1 heterocycles. The number of nitro groups is 1. The van der Waals surface area contributed by atoms with Crippen molar-refractivity contribution in [3.05, 3.63) is 34.4 Å². The molecule has 1 aliphatic heterocycles. The Morgan fingerprint density at radius 3 is 2.44 bits per heavy atom. The van der Waals surface area contributed by atoms with E-state index < -0.39 is 4.92 Å². The number of nitrogens with zero attached hydrogens (tertiary/aromatic N) is 3. The zero-order valence-corrected chi connectivity index (χ0v) is 8.58. The van der Waals surface area contributed by atoms with Crippen molar-refractivity contribution in [2.45, 2.75) is 13.3 Å². The summed E-state index contributed by atoms with van der Waals surface area (Å²) < 4.78 is 0. The highest BCUT2D eigenvalue weighted by molar-refractivity contribution is 6.12. The first kappa shape index (κ1) is 10.3. The van der Waals surface area contributed by atoms with Gasteiger partial charge in [-0.15, -0.1) is 0 Å². The smallest absolute Gasteiger partial charge is 0.269 e. The number of anilines is 1. The summed E-state index contributed by atoms with van der Waals surface area (Å²) in [5, 5.41) is 15.8. The Hall–Kier alpha value is -2.24. The molecule has 6 nitrogen and oxygen atoms in total. The molecular weight excluding hydrogens is 210 g/mol. The summed E-state index contributed by atoms with van der Waals surface area (Å²) in [5.74, 6) is -0.119. The van der Waals surface area contributed by atoms with Gasteiger partial charge in [-0.2, -0.15) is 5.10 Å². The minimum absolute atomic E-state index is 0.00361. The zero-order chi connectivity index (χ0) is 11.7. The van der Waals surface area contributed by atoms with Crippen LogP contribution >= 0.6 is 0 Å². The number of amides is 1. The second-order valence-corrected chi connectivity index (χ2v) is 3.49. The van der Waals surface area contributed by atoms with E-state index in [1.54, 1.807) is 6.92 Å². The summed E-state index contributed by atoms with van der Waals surface area (Å²) in [6.45, 7) is 1.77. The summed E-state index contributed by atoms with van der Waals surface area (Å²) in [5.41, 5.74) is 1.28. The number of carbonyl (C=O) groups is 1. The van der Waals surface area contributed by atoms with Crippen molar-refractivity contribution in [2.24, 2.45) is 5.10 Å². The topological polar surface area (TPSA) is 75.8 Å². The summed E-state index contributed by atoms with van der Waals surface area (Å²) >= 11 is 0. The number of hydrogen-bond acceptors (Lipinski definition) is 4. The SMILES string of the molecule is CC1=NN(c2ccc([N+](=O)[O-])cc2)C(=O)C1. The molecule has 0 spiro atoms. The number of non-ortho nitro benzene ring substituents is 1. The molecule has 82 valence electrons. The van der Waals surface area contributed by atoms with Gasteiger partial charge in [-0.05, 0) is 19.1 Å². The molecule has 0 saturated heterocycles. The Labute approximate surface area is 91.3 Å². The van der Waals surface area contributed by atoms with E-state index in [9.17, 15) is 14.9 Å². The van der Waals surface area contributed by atoms with Crippen LogP contribution in [0.15, 0.2) is 29.4 Å². The van der Waals surface area contributed by atoms with Crippen molar-refractivity contribution >= 4 is 23.0 Å². The standard InChI is InChI=1S/C10H9N3O3/c1-7-6-10(14)12(11-7)8-2-4-9(5-3-8)13(15)16/h2-5H,6H2,1H3. The van der Waals surface area contributed by atoms with E-state index in [-0.39, 0.29) is 11.6 Å². The molecule has 0 aliphatic carbocycles. The van der Waals surface area contributed by atoms with Crippen LogP contribution in [0.25, 0.3) is 0 Å². The molecule has 1 amide bonds. The van der Waals surface area contributed by atoms with Gasteiger partial charge in [0.15, 0.2) is 0 Å². The molecular formula is C10H9N3O3. The lowest BCUT2D eigenvalue weighted by Gasteiger charge is -2.10. The predicted molar refractivity (Wildman–Crippen MR) is 58.3 cm³/mol. The van der Waals surface area contributed by atoms with Gasteiger partial charge in [0.25, 0.3) is 11.6 Å². The first-order chi connectivity index (χ1) is 7.58. The number of nitro benzene ring substituents is 1. The van der Waals surface area contributed by atoms with E-state index in [1.165, 1.54) is 29.3 Å². The Bertz CT molecular complexity index is 479. The van der Waals surface area contributed by atoms with E-state index in [2.05, 4.69) is 5.10 Å². The number of hydrogen-bond donors (Lipinski definition) is 0. The van der Waals surface area contributed by atoms with Crippen molar-refractivity contribution in [3.63, 3.8) is 0 Å². The van der Waals surface area contributed by atoms with Crippen molar-refractivity contribution in [1.29, 1.82) is 0 Å². The summed E-state index contributed by atoms with van der Waals surface area (Å²) in [7, 11) is 0. The Balaban J connectivity index is 2.29. The van der Waals surface area contributed by atoms with Crippen LogP contribution in [-0.2, 0) is 4.79 Å². The molecule has 0 aromatic heterocycles. The molecule has 0 saturated carbocycles. The Kier molecular flexibility index (Phi) is 2.40. The minimum Gasteiger partial charge on any atom is -0.272 e. The highest BCUT2D eigenvalue weighted by Gasteiger charge is 2.22. The average Bonchev–Trinajstić information content (AvgIpc) is 2.58. The maximum absolute atomic E-state index is 11.5. The van der Waals surface area contributed by atoms with Gasteiger partial charge in [-0.1, -0.05) is 0 Å². The monoisotopic (exact) mass is 219 g/mol. The van der Waals surface area contributed by atoms with Crippen LogP contribution in [0.3, 0.4) is 0 Å². The molecule has 2 rings (SSSR count). The number of carbonyl (C=O) groups excluding carboxylic acids is 1. The average molecular weight is 219 g/mol. The van der Waals surface area contributed by atoms with Crippen LogP contribution in [0, 0.1) is 10.1 Å². The van der Waals surface area contributed by atoms with E-state index in [0.717, 1.165) is 5.71 Å². The number of rotatable bonds is 2. The molecule has 1 aromatic carbocycles. The highest BCUT2D eigenvalue weighted by Crippen LogP contribution is 2.23. The zero-order valence-electron chi connectivity index (χ0n) is 8.58.